The Kier molecular flexibility index (Phi) is 13.1. The molecule has 1 rings (SSSR count). The zero-order valence-corrected chi connectivity index (χ0v) is 13.9. The van der Waals surface area contributed by atoms with Gasteiger partial charge < -0.3 is 20.4 Å². The molecule has 0 aromatic heterocycles. The highest BCUT2D eigenvalue weighted by Gasteiger charge is 2.23. The summed E-state index contributed by atoms with van der Waals surface area (Å²) < 4.78 is 0. The molecule has 0 spiro atoms. The molecule has 0 saturated heterocycles. The van der Waals surface area contributed by atoms with Crippen LogP contribution in [-0.2, 0) is 6.61 Å². The maximum Gasteiger partial charge on any atom is 0.103 e. The topological polar surface area (TPSA) is 80.9 Å². The van der Waals surface area contributed by atoms with Gasteiger partial charge in [-0.25, -0.2) is 0 Å². The lowest BCUT2D eigenvalue weighted by Gasteiger charge is -2.24. The monoisotopic (exact) mass is 312 g/mol. The largest absolute Gasteiger partial charge is 0.394 e. The standard InChI is InChI=1S/C11H24O3.C7H8O/c1-3-5-6-7-9(4-2)11(14)10(13)8-12;8-6-7-4-2-1-3-5-7/h9-14H,3-8H2,1-2H3;1-5,8H,6H2. The van der Waals surface area contributed by atoms with Crippen molar-refractivity contribution in [3.8, 4) is 0 Å². The van der Waals surface area contributed by atoms with Crippen LogP contribution in [0.1, 0.15) is 51.5 Å². The van der Waals surface area contributed by atoms with E-state index in [9.17, 15) is 10.2 Å². The second kappa shape index (κ2) is 13.7. The summed E-state index contributed by atoms with van der Waals surface area (Å²) in [6.45, 7) is 3.93. The Morgan fingerprint density at radius 1 is 0.955 bits per heavy atom. The Labute approximate surface area is 134 Å². The number of benzene rings is 1. The molecule has 22 heavy (non-hydrogen) atoms. The van der Waals surface area contributed by atoms with Crippen molar-refractivity contribution in [2.24, 2.45) is 5.92 Å². The van der Waals surface area contributed by atoms with Gasteiger partial charge in [0.25, 0.3) is 0 Å². The zero-order chi connectivity index (χ0) is 16.8. The molecule has 0 heterocycles. The molecule has 3 atom stereocenters. The first kappa shape index (κ1) is 21.1. The van der Waals surface area contributed by atoms with Gasteiger partial charge in [0.2, 0.25) is 0 Å². The van der Waals surface area contributed by atoms with Crippen LogP contribution in [0.2, 0.25) is 0 Å². The molecule has 3 unspecified atom stereocenters. The third-order valence-electron chi connectivity index (χ3n) is 3.79. The highest BCUT2D eigenvalue weighted by Crippen LogP contribution is 2.19. The fourth-order valence-corrected chi connectivity index (χ4v) is 2.28. The number of hydrogen-bond acceptors (Lipinski definition) is 4. The van der Waals surface area contributed by atoms with E-state index in [1.54, 1.807) is 0 Å². The van der Waals surface area contributed by atoms with Gasteiger partial charge in [0, 0.05) is 0 Å². The Bertz CT molecular complexity index is 342. The van der Waals surface area contributed by atoms with Crippen LogP contribution in [0.25, 0.3) is 0 Å². The summed E-state index contributed by atoms with van der Waals surface area (Å²) >= 11 is 0. The van der Waals surface area contributed by atoms with Crippen LogP contribution in [0.5, 0.6) is 0 Å². The van der Waals surface area contributed by atoms with Crippen molar-refractivity contribution in [3.05, 3.63) is 35.9 Å². The van der Waals surface area contributed by atoms with Gasteiger partial charge in [-0.2, -0.15) is 0 Å². The summed E-state index contributed by atoms with van der Waals surface area (Å²) in [4.78, 5) is 0. The van der Waals surface area contributed by atoms with E-state index in [1.807, 2.05) is 37.3 Å². The summed E-state index contributed by atoms with van der Waals surface area (Å²) in [6.07, 6.45) is 3.44. The molecule has 0 saturated carbocycles. The minimum absolute atomic E-state index is 0.115. The second-order valence-electron chi connectivity index (χ2n) is 5.55. The van der Waals surface area contributed by atoms with Crippen molar-refractivity contribution in [1.29, 1.82) is 0 Å². The van der Waals surface area contributed by atoms with E-state index in [0.717, 1.165) is 31.2 Å². The summed E-state index contributed by atoms with van der Waals surface area (Å²) in [5, 5.41) is 36.2. The first-order chi connectivity index (χ1) is 10.6. The molecular formula is C18H32O4. The molecule has 0 aliphatic rings. The van der Waals surface area contributed by atoms with Crippen LogP contribution in [0.3, 0.4) is 0 Å². The molecule has 0 amide bonds. The third-order valence-corrected chi connectivity index (χ3v) is 3.79. The smallest absolute Gasteiger partial charge is 0.103 e. The van der Waals surface area contributed by atoms with Crippen molar-refractivity contribution in [1.82, 2.24) is 0 Å². The molecular weight excluding hydrogens is 280 g/mol. The van der Waals surface area contributed by atoms with Gasteiger partial charge in [-0.1, -0.05) is 69.9 Å². The molecule has 0 bridgehead atoms. The SMILES string of the molecule is CCCCCC(CC)C(O)C(O)CO.OCc1ccccc1. The van der Waals surface area contributed by atoms with Gasteiger partial charge in [0.05, 0.1) is 19.3 Å². The van der Waals surface area contributed by atoms with E-state index in [0.29, 0.717) is 0 Å². The van der Waals surface area contributed by atoms with E-state index in [4.69, 9.17) is 10.2 Å². The van der Waals surface area contributed by atoms with E-state index in [-0.39, 0.29) is 19.1 Å². The minimum atomic E-state index is -0.985. The van der Waals surface area contributed by atoms with Crippen molar-refractivity contribution in [2.45, 2.75) is 64.8 Å². The fourth-order valence-electron chi connectivity index (χ4n) is 2.28. The summed E-state index contributed by atoms with van der Waals surface area (Å²) in [7, 11) is 0. The number of aliphatic hydroxyl groups is 4. The first-order valence-electron chi connectivity index (χ1n) is 8.22. The van der Waals surface area contributed by atoms with Crippen molar-refractivity contribution in [2.75, 3.05) is 6.61 Å². The van der Waals surface area contributed by atoms with E-state index < -0.39 is 12.2 Å². The maximum atomic E-state index is 9.67. The van der Waals surface area contributed by atoms with Crippen molar-refractivity contribution < 1.29 is 20.4 Å². The van der Waals surface area contributed by atoms with Gasteiger partial charge in [-0.3, -0.25) is 0 Å². The van der Waals surface area contributed by atoms with E-state index >= 15 is 0 Å². The Hall–Kier alpha value is -0.940. The molecule has 4 N–H and O–H groups in total. The quantitative estimate of drug-likeness (QED) is 0.528. The molecule has 4 nitrogen and oxygen atoms in total. The third kappa shape index (κ3) is 9.15. The average Bonchev–Trinajstić information content (AvgIpc) is 2.58. The number of hydrogen-bond donors (Lipinski definition) is 4. The molecule has 4 heteroatoms. The number of unbranched alkanes of at least 4 members (excludes halogenated alkanes) is 2. The van der Waals surface area contributed by atoms with Crippen molar-refractivity contribution in [3.63, 3.8) is 0 Å². The average molecular weight is 312 g/mol. The van der Waals surface area contributed by atoms with E-state index in [2.05, 4.69) is 6.92 Å². The molecule has 1 aromatic rings. The van der Waals surface area contributed by atoms with Crippen LogP contribution < -0.4 is 0 Å². The minimum Gasteiger partial charge on any atom is -0.394 e. The Morgan fingerprint density at radius 3 is 2.00 bits per heavy atom. The van der Waals surface area contributed by atoms with Crippen LogP contribution >= 0.6 is 0 Å². The molecule has 128 valence electrons. The molecule has 0 aliphatic carbocycles. The van der Waals surface area contributed by atoms with Gasteiger partial charge in [0.15, 0.2) is 0 Å². The normalized spacial score (nSPS) is 14.6. The molecule has 0 fully saturated rings. The lowest BCUT2D eigenvalue weighted by molar-refractivity contribution is -0.0461. The van der Waals surface area contributed by atoms with Crippen LogP contribution in [-0.4, -0.2) is 39.2 Å². The van der Waals surface area contributed by atoms with E-state index in [1.165, 1.54) is 6.42 Å². The summed E-state index contributed by atoms with van der Waals surface area (Å²) in [5.74, 6) is 0.115. The maximum absolute atomic E-state index is 9.67. The molecule has 0 radical (unpaired) electrons. The summed E-state index contributed by atoms with van der Waals surface area (Å²) in [6, 6.07) is 9.52. The molecule has 1 aromatic carbocycles. The second-order valence-corrected chi connectivity index (χ2v) is 5.55. The summed E-state index contributed by atoms with van der Waals surface area (Å²) in [5.41, 5.74) is 0.965. The fraction of sp³-hybridized carbons (Fsp3) is 0.667. The Balaban J connectivity index is 0.000000461. The highest BCUT2D eigenvalue weighted by atomic mass is 16.4. The van der Waals surface area contributed by atoms with Crippen LogP contribution in [0.15, 0.2) is 30.3 Å². The lowest BCUT2D eigenvalue weighted by Crippen LogP contribution is -2.35. The predicted molar refractivity (Wildman–Crippen MR) is 89.4 cm³/mol. The Morgan fingerprint density at radius 2 is 1.59 bits per heavy atom. The van der Waals surface area contributed by atoms with Gasteiger partial charge in [-0.15, -0.1) is 0 Å². The van der Waals surface area contributed by atoms with Gasteiger partial charge in [0.1, 0.15) is 6.10 Å². The van der Waals surface area contributed by atoms with Crippen LogP contribution in [0.4, 0.5) is 0 Å². The van der Waals surface area contributed by atoms with Gasteiger partial charge in [-0.05, 0) is 17.9 Å². The number of aliphatic hydroxyl groups excluding tert-OH is 4. The zero-order valence-electron chi connectivity index (χ0n) is 13.9. The highest BCUT2D eigenvalue weighted by molar-refractivity contribution is 5.12. The van der Waals surface area contributed by atoms with Crippen LogP contribution in [0, 0.1) is 5.92 Å². The first-order valence-corrected chi connectivity index (χ1v) is 8.22. The van der Waals surface area contributed by atoms with Crippen molar-refractivity contribution >= 4 is 0 Å². The number of rotatable bonds is 9. The lowest BCUT2D eigenvalue weighted by atomic mass is 9.90. The molecule has 0 aliphatic heterocycles. The van der Waals surface area contributed by atoms with Gasteiger partial charge >= 0.3 is 0 Å². The predicted octanol–water partition coefficient (Wildman–Crippen LogP) is 2.49.